The Hall–Kier alpha value is -2.66. The van der Waals surface area contributed by atoms with Gasteiger partial charge in [-0.2, -0.15) is 0 Å². The molecule has 0 N–H and O–H groups in total. The first-order valence-electron chi connectivity index (χ1n) is 3.20. The number of aliphatic carboxylic acids is 6. The zero-order chi connectivity index (χ0) is 15.5. The van der Waals surface area contributed by atoms with Crippen LogP contribution in [-0.2, 0) is 45.8 Å². The maximum atomic E-state index is 8.93. The first-order valence-corrected chi connectivity index (χ1v) is 3.20. The van der Waals surface area contributed by atoms with Gasteiger partial charge in [0, 0.05) is 0 Å². The Morgan fingerprint density at radius 3 is 0.421 bits per heavy atom. The number of carboxylic acids is 6. The molecule has 0 saturated carbocycles. The first kappa shape index (κ1) is 25.3. The van der Waals surface area contributed by atoms with Crippen molar-refractivity contribution in [3.05, 3.63) is 0 Å². The van der Waals surface area contributed by atoms with Crippen molar-refractivity contribution < 1.29 is 76.5 Å². The van der Waals surface area contributed by atoms with Crippen LogP contribution in [0.25, 0.3) is 0 Å². The molecule has 0 aliphatic rings. The van der Waals surface area contributed by atoms with E-state index >= 15 is 0 Å². The predicted octanol–water partition coefficient (Wildman–Crippen LogP) is -10.5. The summed E-state index contributed by atoms with van der Waals surface area (Å²) in [5, 5.41) is 53.6. The molecule has 1 radical (unpaired) electrons. The fraction of sp³-hybridized carbons (Fsp3) is 0. The summed E-state index contributed by atoms with van der Waals surface area (Å²) in [6.07, 6.45) is 0. The van der Waals surface area contributed by atoms with Gasteiger partial charge in [0.2, 0.25) is 0 Å². The zero-order valence-corrected chi connectivity index (χ0v) is 9.36. The summed E-state index contributed by atoms with van der Waals surface area (Å²) in [7, 11) is 0. The molecule has 0 saturated heterocycles. The Bertz CT molecular complexity index is 277. The van der Waals surface area contributed by atoms with Gasteiger partial charge in [-0.25, -0.2) is 0 Å². The number of carboxylic acid groups (broad SMARTS) is 6. The Morgan fingerprint density at radius 1 is 0.368 bits per heavy atom. The second-order valence-electron chi connectivity index (χ2n) is 1.72. The van der Waals surface area contributed by atoms with Crippen LogP contribution in [0.5, 0.6) is 0 Å². The summed E-state index contributed by atoms with van der Waals surface area (Å²) < 4.78 is 0. The van der Waals surface area contributed by atoms with Crippen LogP contribution in [-0.4, -0.2) is 35.8 Å². The van der Waals surface area contributed by atoms with E-state index in [1.807, 2.05) is 0 Å². The summed E-state index contributed by atoms with van der Waals surface area (Å²) in [6, 6.07) is 0. The molecule has 0 rings (SSSR count). The molecule has 107 valence electrons. The monoisotopic (exact) mass is 320 g/mol. The minimum absolute atomic E-state index is 0. The maximum absolute atomic E-state index is 8.93. The summed E-state index contributed by atoms with van der Waals surface area (Å²) >= 11 is 0. The van der Waals surface area contributed by atoms with Gasteiger partial charge in [0.1, 0.15) is 0 Å². The Labute approximate surface area is 113 Å². The second-order valence-corrected chi connectivity index (χ2v) is 1.72. The molecule has 0 aromatic heterocycles. The van der Waals surface area contributed by atoms with Gasteiger partial charge in [-0.1, -0.05) is 0 Å². The normalized spacial score (nSPS) is 6.95. The molecule has 0 bridgehead atoms. The largest absolute Gasteiger partial charge is 3.00 e. The van der Waals surface area contributed by atoms with Crippen LogP contribution < -0.4 is 30.6 Å². The summed E-state index contributed by atoms with van der Waals surface area (Å²) in [4.78, 5) is 53.6. The van der Waals surface area contributed by atoms with Crippen molar-refractivity contribution in [2.75, 3.05) is 0 Å². The fourth-order valence-electron chi connectivity index (χ4n) is 0. The van der Waals surface area contributed by atoms with Crippen molar-refractivity contribution in [2.45, 2.75) is 0 Å². The third kappa shape index (κ3) is 31.3. The number of hydrogen-bond acceptors (Lipinski definition) is 12. The molecule has 0 unspecified atom stereocenters. The van der Waals surface area contributed by atoms with Crippen LogP contribution in [0.2, 0.25) is 0 Å². The standard InChI is InChI=1S/3C2H2O4.Fe/c3*3-1(4)2(5)6;/h3*(H,3,4)(H,5,6);/q;;;+3/p-6. The molecule has 19 heavy (non-hydrogen) atoms. The Morgan fingerprint density at radius 2 is 0.421 bits per heavy atom. The van der Waals surface area contributed by atoms with Gasteiger partial charge in [0.05, 0.1) is 35.8 Å². The number of carbonyl (C=O) groups excluding carboxylic acids is 6. The molecule has 12 nitrogen and oxygen atoms in total. The smallest absolute Gasteiger partial charge is 0.543 e. The van der Waals surface area contributed by atoms with Crippen LogP contribution in [0.1, 0.15) is 0 Å². The maximum Gasteiger partial charge on any atom is 3.00 e. The van der Waals surface area contributed by atoms with Crippen molar-refractivity contribution in [1.82, 2.24) is 0 Å². The van der Waals surface area contributed by atoms with Gasteiger partial charge < -0.3 is 59.4 Å². The van der Waals surface area contributed by atoms with Crippen molar-refractivity contribution in [2.24, 2.45) is 0 Å². The third-order valence-electron chi connectivity index (χ3n) is 0.500. The second kappa shape index (κ2) is 13.4. The van der Waals surface area contributed by atoms with Crippen LogP contribution in [0.15, 0.2) is 0 Å². The Balaban J connectivity index is -0.0000000865. The number of rotatable bonds is 0. The van der Waals surface area contributed by atoms with E-state index in [0.717, 1.165) is 0 Å². The molecule has 0 spiro atoms. The molecule has 0 amide bonds. The molecule has 0 atom stereocenters. The molecule has 0 aliphatic heterocycles. The zero-order valence-electron chi connectivity index (χ0n) is 8.25. The van der Waals surface area contributed by atoms with E-state index in [1.165, 1.54) is 0 Å². The van der Waals surface area contributed by atoms with Gasteiger partial charge in [-0.15, -0.1) is 0 Å². The minimum Gasteiger partial charge on any atom is -0.543 e. The molecule has 0 fully saturated rings. The molecule has 0 aromatic carbocycles. The van der Waals surface area contributed by atoms with Crippen molar-refractivity contribution >= 4 is 35.8 Å². The molecule has 0 aromatic rings. The topological polar surface area (TPSA) is 241 Å². The van der Waals surface area contributed by atoms with E-state index in [2.05, 4.69) is 0 Å². The SMILES string of the molecule is O=C([O-])C(=O)[O-].O=C([O-])C(=O)[O-].O=C([O-])C(=O)[O-].[Fe+3]. The average molecular weight is 320 g/mol. The van der Waals surface area contributed by atoms with Crippen LogP contribution in [0.4, 0.5) is 0 Å². The quantitative estimate of drug-likeness (QED) is 0.298. The van der Waals surface area contributed by atoms with Crippen LogP contribution in [0.3, 0.4) is 0 Å². The van der Waals surface area contributed by atoms with E-state index in [0.29, 0.717) is 0 Å². The van der Waals surface area contributed by atoms with Crippen molar-refractivity contribution in [1.29, 1.82) is 0 Å². The predicted molar refractivity (Wildman–Crippen MR) is 30.0 cm³/mol. The minimum atomic E-state index is -2.19. The molecule has 0 heterocycles. The van der Waals surface area contributed by atoms with E-state index < -0.39 is 35.8 Å². The first-order chi connectivity index (χ1) is 7.93. The summed E-state index contributed by atoms with van der Waals surface area (Å²) in [5.74, 6) is -13.1. The van der Waals surface area contributed by atoms with Gasteiger partial charge in [0.15, 0.2) is 0 Å². The van der Waals surface area contributed by atoms with Crippen molar-refractivity contribution in [3.8, 4) is 0 Å². The van der Waals surface area contributed by atoms with Gasteiger partial charge in [0.25, 0.3) is 0 Å². The summed E-state index contributed by atoms with van der Waals surface area (Å²) in [6.45, 7) is 0. The molecular formula is C6FeO12-3. The van der Waals surface area contributed by atoms with Crippen LogP contribution in [0, 0.1) is 0 Å². The molecule has 0 aliphatic carbocycles. The van der Waals surface area contributed by atoms with E-state index in [4.69, 9.17) is 59.4 Å². The van der Waals surface area contributed by atoms with Gasteiger partial charge >= 0.3 is 17.1 Å². The number of carbonyl (C=O) groups is 6. The Kier molecular flexibility index (Phi) is 17.8. The van der Waals surface area contributed by atoms with Gasteiger partial charge in [-0.3, -0.25) is 0 Å². The van der Waals surface area contributed by atoms with Crippen molar-refractivity contribution in [3.63, 3.8) is 0 Å². The molecule has 13 heteroatoms. The average Bonchev–Trinajstić information content (AvgIpc) is 2.18. The van der Waals surface area contributed by atoms with E-state index in [9.17, 15) is 0 Å². The molecular weight excluding hydrogens is 320 g/mol. The summed E-state index contributed by atoms with van der Waals surface area (Å²) in [5.41, 5.74) is 0. The number of hydrogen-bond donors (Lipinski definition) is 0. The fourth-order valence-corrected chi connectivity index (χ4v) is 0. The van der Waals surface area contributed by atoms with Crippen LogP contribution >= 0.6 is 0 Å². The van der Waals surface area contributed by atoms with Gasteiger partial charge in [-0.05, 0) is 0 Å². The third-order valence-corrected chi connectivity index (χ3v) is 0.500. The van der Waals surface area contributed by atoms with E-state index in [1.54, 1.807) is 0 Å². The van der Waals surface area contributed by atoms with E-state index in [-0.39, 0.29) is 17.1 Å².